The van der Waals surface area contributed by atoms with E-state index in [1.165, 1.54) is 0 Å². The minimum Gasteiger partial charge on any atom is -0.485 e. The Morgan fingerprint density at radius 1 is 1.37 bits per heavy atom. The third-order valence-electron chi connectivity index (χ3n) is 3.31. The Labute approximate surface area is 114 Å². The van der Waals surface area contributed by atoms with Crippen LogP contribution in [0.4, 0.5) is 5.69 Å². The Morgan fingerprint density at radius 3 is 2.84 bits per heavy atom. The Kier molecular flexibility index (Phi) is 4.10. The first-order chi connectivity index (χ1) is 9.11. The van der Waals surface area contributed by atoms with Crippen LogP contribution in [0.15, 0.2) is 30.5 Å². The molecule has 1 unspecified atom stereocenters. The number of benzene rings is 1. The Bertz CT molecular complexity index is 528. The van der Waals surface area contributed by atoms with Crippen molar-refractivity contribution in [1.29, 1.82) is 0 Å². The molecule has 2 N–H and O–H groups in total. The van der Waals surface area contributed by atoms with E-state index in [-0.39, 0.29) is 0 Å². The molecule has 0 amide bonds. The van der Waals surface area contributed by atoms with Crippen LogP contribution in [-0.2, 0) is 6.61 Å². The van der Waals surface area contributed by atoms with Crippen LogP contribution < -0.4 is 10.5 Å². The van der Waals surface area contributed by atoms with Gasteiger partial charge in [0.05, 0.1) is 11.4 Å². The van der Waals surface area contributed by atoms with Crippen molar-refractivity contribution in [2.45, 2.75) is 39.8 Å². The Hall–Kier alpha value is -1.97. The van der Waals surface area contributed by atoms with Crippen molar-refractivity contribution >= 4 is 5.69 Å². The molecule has 0 aliphatic carbocycles. The van der Waals surface area contributed by atoms with Crippen LogP contribution in [0.2, 0.25) is 0 Å². The summed E-state index contributed by atoms with van der Waals surface area (Å²) < 4.78 is 7.75. The average Bonchev–Trinajstić information content (AvgIpc) is 2.86. The molecule has 2 rings (SSSR count). The lowest BCUT2D eigenvalue weighted by molar-refractivity contribution is 0.298. The van der Waals surface area contributed by atoms with E-state index in [4.69, 9.17) is 10.5 Å². The first kappa shape index (κ1) is 13.5. The fraction of sp³-hybridized carbons (Fsp3) is 0.400. The molecular formula is C15H21N3O. The number of hydrogen-bond acceptors (Lipinski definition) is 3. The molecule has 2 aromatic rings. The monoisotopic (exact) mass is 259 g/mol. The summed E-state index contributed by atoms with van der Waals surface area (Å²) >= 11 is 0. The molecular weight excluding hydrogens is 238 g/mol. The summed E-state index contributed by atoms with van der Waals surface area (Å²) in [6.45, 7) is 6.73. The molecule has 0 aliphatic heterocycles. The number of para-hydroxylation sites is 1. The van der Waals surface area contributed by atoms with Crippen molar-refractivity contribution in [3.8, 4) is 5.75 Å². The number of nitrogens with two attached hydrogens (primary N) is 1. The molecule has 0 fully saturated rings. The fourth-order valence-corrected chi connectivity index (χ4v) is 1.91. The van der Waals surface area contributed by atoms with Gasteiger partial charge in [0.2, 0.25) is 0 Å². The summed E-state index contributed by atoms with van der Waals surface area (Å²) in [6.07, 6.45) is 3.06. The van der Waals surface area contributed by atoms with E-state index in [0.717, 1.165) is 23.4 Å². The lowest BCUT2D eigenvalue weighted by atomic mass is 10.2. The van der Waals surface area contributed by atoms with Crippen molar-refractivity contribution in [2.24, 2.45) is 0 Å². The topological polar surface area (TPSA) is 53.1 Å². The van der Waals surface area contributed by atoms with Crippen molar-refractivity contribution < 1.29 is 4.74 Å². The largest absolute Gasteiger partial charge is 0.485 e. The maximum absolute atomic E-state index is 5.91. The van der Waals surface area contributed by atoms with Crippen molar-refractivity contribution in [3.63, 3.8) is 0 Å². The molecule has 0 radical (unpaired) electrons. The Balaban J connectivity index is 2.05. The highest BCUT2D eigenvalue weighted by Gasteiger charge is 2.07. The molecule has 0 aliphatic rings. The van der Waals surface area contributed by atoms with E-state index in [1.807, 2.05) is 42.1 Å². The van der Waals surface area contributed by atoms with Gasteiger partial charge in [-0.25, -0.2) is 0 Å². The van der Waals surface area contributed by atoms with Gasteiger partial charge in [0.25, 0.3) is 0 Å². The van der Waals surface area contributed by atoms with Crippen molar-refractivity contribution in [1.82, 2.24) is 9.78 Å². The second kappa shape index (κ2) is 5.78. The number of nitrogen functional groups attached to an aromatic ring is 1. The second-order valence-electron chi connectivity index (χ2n) is 4.83. The van der Waals surface area contributed by atoms with Gasteiger partial charge < -0.3 is 10.5 Å². The number of rotatable bonds is 5. The van der Waals surface area contributed by atoms with Gasteiger partial charge in [0.1, 0.15) is 12.4 Å². The number of nitrogens with zero attached hydrogens (tertiary/aromatic N) is 2. The van der Waals surface area contributed by atoms with Gasteiger partial charge in [-0.1, -0.05) is 19.1 Å². The van der Waals surface area contributed by atoms with Gasteiger partial charge in [0, 0.05) is 12.2 Å². The number of hydrogen-bond donors (Lipinski definition) is 1. The van der Waals surface area contributed by atoms with Gasteiger partial charge >= 0.3 is 0 Å². The van der Waals surface area contributed by atoms with Crippen LogP contribution in [0.5, 0.6) is 5.75 Å². The highest BCUT2D eigenvalue weighted by molar-refractivity contribution is 5.56. The summed E-state index contributed by atoms with van der Waals surface area (Å²) in [5.74, 6) is 0.751. The highest BCUT2D eigenvalue weighted by atomic mass is 16.5. The summed E-state index contributed by atoms with van der Waals surface area (Å²) in [5.41, 5.74) is 8.54. The van der Waals surface area contributed by atoms with E-state index in [9.17, 15) is 0 Å². The van der Waals surface area contributed by atoms with Gasteiger partial charge in [-0.05, 0) is 38.0 Å². The maximum Gasteiger partial charge on any atom is 0.145 e. The normalized spacial score (nSPS) is 12.4. The van der Waals surface area contributed by atoms with Crippen LogP contribution in [0.3, 0.4) is 0 Å². The fourth-order valence-electron chi connectivity index (χ4n) is 1.91. The molecule has 0 saturated heterocycles. The van der Waals surface area contributed by atoms with Crippen LogP contribution in [-0.4, -0.2) is 9.78 Å². The van der Waals surface area contributed by atoms with Crippen LogP contribution in [0.1, 0.15) is 37.6 Å². The lowest BCUT2D eigenvalue weighted by Crippen LogP contribution is -2.06. The SMILES string of the molecule is CCC(C)n1ccc(COc2c(C)cccc2N)n1. The molecule has 4 heteroatoms. The van der Waals surface area contributed by atoms with E-state index < -0.39 is 0 Å². The number of ether oxygens (including phenoxy) is 1. The van der Waals surface area contributed by atoms with Gasteiger partial charge in [-0.3, -0.25) is 4.68 Å². The quantitative estimate of drug-likeness (QED) is 0.838. The standard InChI is InChI=1S/C15H21N3O/c1-4-12(3)18-9-8-13(17-18)10-19-15-11(2)6-5-7-14(15)16/h5-9,12H,4,10,16H2,1-3H3. The number of anilines is 1. The third kappa shape index (κ3) is 3.08. The van der Waals surface area contributed by atoms with E-state index >= 15 is 0 Å². The van der Waals surface area contributed by atoms with Crippen molar-refractivity contribution in [3.05, 3.63) is 41.7 Å². The van der Waals surface area contributed by atoms with E-state index in [1.54, 1.807) is 0 Å². The number of aryl methyl sites for hydroxylation is 1. The van der Waals surface area contributed by atoms with E-state index in [2.05, 4.69) is 18.9 Å². The van der Waals surface area contributed by atoms with Gasteiger partial charge in [0.15, 0.2) is 0 Å². The van der Waals surface area contributed by atoms with Crippen molar-refractivity contribution in [2.75, 3.05) is 5.73 Å². The highest BCUT2D eigenvalue weighted by Crippen LogP contribution is 2.26. The summed E-state index contributed by atoms with van der Waals surface area (Å²) in [6, 6.07) is 8.16. The van der Waals surface area contributed by atoms with Crippen LogP contribution in [0, 0.1) is 6.92 Å². The van der Waals surface area contributed by atoms with E-state index in [0.29, 0.717) is 18.3 Å². The molecule has 4 nitrogen and oxygen atoms in total. The maximum atomic E-state index is 5.91. The summed E-state index contributed by atoms with van der Waals surface area (Å²) in [5, 5.41) is 4.51. The summed E-state index contributed by atoms with van der Waals surface area (Å²) in [4.78, 5) is 0. The molecule has 19 heavy (non-hydrogen) atoms. The third-order valence-corrected chi connectivity index (χ3v) is 3.31. The Morgan fingerprint density at radius 2 is 2.16 bits per heavy atom. The molecule has 1 atom stereocenters. The molecule has 1 aromatic heterocycles. The first-order valence-electron chi connectivity index (χ1n) is 6.63. The minimum absolute atomic E-state index is 0.414. The molecule has 0 saturated carbocycles. The number of aromatic nitrogens is 2. The van der Waals surface area contributed by atoms with Crippen LogP contribution in [0.25, 0.3) is 0 Å². The smallest absolute Gasteiger partial charge is 0.145 e. The van der Waals surface area contributed by atoms with Crippen LogP contribution >= 0.6 is 0 Å². The zero-order chi connectivity index (χ0) is 13.8. The average molecular weight is 259 g/mol. The first-order valence-corrected chi connectivity index (χ1v) is 6.63. The predicted octanol–water partition coefficient (Wildman–Crippen LogP) is 3.32. The summed E-state index contributed by atoms with van der Waals surface area (Å²) in [7, 11) is 0. The molecule has 1 heterocycles. The van der Waals surface area contributed by atoms with Gasteiger partial charge in [-0.15, -0.1) is 0 Å². The lowest BCUT2D eigenvalue weighted by Gasteiger charge is -2.11. The molecule has 102 valence electrons. The molecule has 0 spiro atoms. The second-order valence-corrected chi connectivity index (χ2v) is 4.83. The van der Waals surface area contributed by atoms with Gasteiger partial charge in [-0.2, -0.15) is 5.10 Å². The molecule has 1 aromatic carbocycles. The zero-order valence-corrected chi connectivity index (χ0v) is 11.8. The zero-order valence-electron chi connectivity index (χ0n) is 11.8. The predicted molar refractivity (Wildman–Crippen MR) is 77.2 cm³/mol. The molecule has 0 bridgehead atoms. The minimum atomic E-state index is 0.414.